The summed E-state index contributed by atoms with van der Waals surface area (Å²) in [5.41, 5.74) is -0.462. The number of carbonyl (C=O) groups is 1. The molecule has 0 aliphatic rings. The van der Waals surface area contributed by atoms with Gasteiger partial charge >= 0.3 is 0 Å². The molecule has 2 N–H and O–H groups in total. The molecule has 8 heteroatoms. The Morgan fingerprint density at radius 2 is 2.15 bits per heavy atom. The van der Waals surface area contributed by atoms with Crippen molar-refractivity contribution in [3.8, 4) is 10.7 Å². The lowest BCUT2D eigenvalue weighted by atomic mass is 10.1. The molecule has 3 aromatic rings. The first-order valence-corrected chi connectivity index (χ1v) is 9.70. The topological polar surface area (TPSA) is 91.2 Å². The fraction of sp³-hybridized carbons (Fsp3) is 0.316. The molecule has 0 unspecified atom stereocenters. The number of hydrogen-bond acceptors (Lipinski definition) is 6. The monoisotopic (exact) mass is 386 g/mol. The maximum atomic E-state index is 12.5. The molecular weight excluding hydrogens is 364 g/mol. The van der Waals surface area contributed by atoms with Gasteiger partial charge in [-0.3, -0.25) is 14.5 Å². The molecule has 142 valence electrons. The first-order valence-electron chi connectivity index (χ1n) is 8.82. The van der Waals surface area contributed by atoms with E-state index in [4.69, 9.17) is 4.42 Å². The smallest absolute Gasteiger partial charge is 0.264 e. The SMILES string of the molecule is CCN(CC)[C@H](CNC(=O)c1cnc(-c2cccs2)[nH]c1=O)c1ccco1. The first kappa shape index (κ1) is 19.1. The van der Waals surface area contributed by atoms with Crippen LogP contribution in [0.4, 0.5) is 0 Å². The molecule has 0 saturated carbocycles. The van der Waals surface area contributed by atoms with Crippen LogP contribution >= 0.6 is 11.3 Å². The molecule has 1 atom stereocenters. The van der Waals surface area contributed by atoms with Crippen LogP contribution in [0.1, 0.15) is 36.0 Å². The highest BCUT2D eigenvalue weighted by atomic mass is 32.1. The number of aromatic nitrogens is 2. The predicted octanol–water partition coefficient (Wildman–Crippen LogP) is 2.90. The number of carbonyl (C=O) groups excluding carboxylic acids is 1. The van der Waals surface area contributed by atoms with E-state index in [1.54, 1.807) is 6.26 Å². The van der Waals surface area contributed by atoms with E-state index in [0.717, 1.165) is 23.7 Å². The Bertz CT molecular complexity index is 915. The van der Waals surface area contributed by atoms with E-state index in [1.165, 1.54) is 17.5 Å². The summed E-state index contributed by atoms with van der Waals surface area (Å²) in [6, 6.07) is 7.35. The van der Waals surface area contributed by atoms with Crippen LogP contribution in [0.5, 0.6) is 0 Å². The number of likely N-dealkylation sites (N-methyl/N-ethyl adjacent to an activating group) is 1. The molecule has 7 nitrogen and oxygen atoms in total. The number of thiophene rings is 1. The van der Waals surface area contributed by atoms with E-state index in [2.05, 4.69) is 34.0 Å². The summed E-state index contributed by atoms with van der Waals surface area (Å²) in [4.78, 5) is 34.7. The molecule has 0 spiro atoms. The van der Waals surface area contributed by atoms with Crippen LogP contribution in [-0.2, 0) is 0 Å². The van der Waals surface area contributed by atoms with Crippen LogP contribution in [0.25, 0.3) is 10.7 Å². The van der Waals surface area contributed by atoms with Gasteiger partial charge in [-0.05, 0) is 36.7 Å². The van der Waals surface area contributed by atoms with Crippen molar-refractivity contribution in [1.29, 1.82) is 0 Å². The third kappa shape index (κ3) is 4.35. The van der Waals surface area contributed by atoms with Crippen LogP contribution < -0.4 is 10.9 Å². The van der Waals surface area contributed by atoms with Gasteiger partial charge < -0.3 is 14.7 Å². The van der Waals surface area contributed by atoms with Crippen molar-refractivity contribution in [2.24, 2.45) is 0 Å². The molecule has 0 radical (unpaired) electrons. The Kier molecular flexibility index (Phi) is 6.20. The van der Waals surface area contributed by atoms with Crippen molar-refractivity contribution in [3.05, 3.63) is 63.8 Å². The number of nitrogens with one attached hydrogen (secondary N) is 2. The summed E-state index contributed by atoms with van der Waals surface area (Å²) >= 11 is 1.47. The van der Waals surface area contributed by atoms with Crippen LogP contribution in [0.2, 0.25) is 0 Å². The summed E-state index contributed by atoms with van der Waals surface area (Å²) in [5.74, 6) is 0.785. The van der Waals surface area contributed by atoms with Gasteiger partial charge in [-0.2, -0.15) is 0 Å². The second kappa shape index (κ2) is 8.79. The number of hydrogen-bond donors (Lipinski definition) is 2. The lowest BCUT2D eigenvalue weighted by molar-refractivity contribution is 0.0928. The maximum absolute atomic E-state index is 12.5. The van der Waals surface area contributed by atoms with Gasteiger partial charge in [0.1, 0.15) is 17.1 Å². The van der Waals surface area contributed by atoms with Crippen LogP contribution in [0, 0.1) is 0 Å². The zero-order chi connectivity index (χ0) is 19.2. The van der Waals surface area contributed by atoms with E-state index in [1.807, 2.05) is 29.6 Å². The lowest BCUT2D eigenvalue weighted by Crippen LogP contribution is -2.39. The zero-order valence-electron chi connectivity index (χ0n) is 15.3. The summed E-state index contributed by atoms with van der Waals surface area (Å²) < 4.78 is 5.53. The second-order valence-electron chi connectivity index (χ2n) is 5.91. The Morgan fingerprint density at radius 3 is 2.74 bits per heavy atom. The standard InChI is InChI=1S/C19H22N4O3S/c1-3-23(4-2)14(15-7-5-9-26-15)12-21-18(24)13-11-20-17(22-19(13)25)16-8-6-10-27-16/h5-11,14H,3-4,12H2,1-2H3,(H,21,24)(H,20,22,25)/t14-/m1/s1. The normalized spacial score (nSPS) is 12.3. The van der Waals surface area contributed by atoms with Gasteiger partial charge in [0.05, 0.1) is 17.2 Å². The summed E-state index contributed by atoms with van der Waals surface area (Å²) in [5, 5.41) is 4.73. The van der Waals surface area contributed by atoms with Gasteiger partial charge in [-0.1, -0.05) is 19.9 Å². The molecule has 0 saturated heterocycles. The third-order valence-electron chi connectivity index (χ3n) is 4.38. The molecule has 3 aromatic heterocycles. The predicted molar refractivity (Wildman–Crippen MR) is 105 cm³/mol. The average Bonchev–Trinajstić information content (AvgIpc) is 3.38. The molecular formula is C19H22N4O3S. The minimum Gasteiger partial charge on any atom is -0.468 e. The fourth-order valence-corrected chi connectivity index (χ4v) is 3.61. The van der Waals surface area contributed by atoms with Crippen molar-refractivity contribution in [2.75, 3.05) is 19.6 Å². The van der Waals surface area contributed by atoms with Crippen molar-refractivity contribution in [2.45, 2.75) is 19.9 Å². The third-order valence-corrected chi connectivity index (χ3v) is 5.26. The Balaban J connectivity index is 1.73. The number of rotatable bonds is 8. The maximum Gasteiger partial charge on any atom is 0.264 e. The summed E-state index contributed by atoms with van der Waals surface area (Å²) in [7, 11) is 0. The van der Waals surface area contributed by atoms with Gasteiger partial charge in [0, 0.05) is 12.7 Å². The van der Waals surface area contributed by atoms with E-state index in [0.29, 0.717) is 12.4 Å². The fourth-order valence-electron chi connectivity index (χ4n) is 2.93. The summed E-state index contributed by atoms with van der Waals surface area (Å²) in [6.45, 7) is 6.07. The van der Waals surface area contributed by atoms with Crippen LogP contribution in [-0.4, -0.2) is 40.4 Å². The van der Waals surface area contributed by atoms with Crippen molar-refractivity contribution in [3.63, 3.8) is 0 Å². The van der Waals surface area contributed by atoms with E-state index in [-0.39, 0.29) is 11.6 Å². The second-order valence-corrected chi connectivity index (χ2v) is 6.86. The molecule has 3 heterocycles. The molecule has 0 bridgehead atoms. The first-order chi connectivity index (χ1) is 13.1. The highest BCUT2D eigenvalue weighted by Gasteiger charge is 2.22. The molecule has 0 aliphatic heterocycles. The zero-order valence-corrected chi connectivity index (χ0v) is 16.1. The van der Waals surface area contributed by atoms with Gasteiger partial charge in [0.15, 0.2) is 0 Å². The van der Waals surface area contributed by atoms with E-state index >= 15 is 0 Å². The van der Waals surface area contributed by atoms with E-state index < -0.39 is 11.5 Å². The largest absolute Gasteiger partial charge is 0.468 e. The molecule has 1 amide bonds. The minimum absolute atomic E-state index is 0.00644. The number of nitrogens with zero attached hydrogens (tertiary/aromatic N) is 2. The molecule has 27 heavy (non-hydrogen) atoms. The summed E-state index contributed by atoms with van der Waals surface area (Å²) in [6.07, 6.45) is 2.94. The molecule has 0 aromatic carbocycles. The van der Waals surface area contributed by atoms with Gasteiger partial charge in [-0.25, -0.2) is 4.98 Å². The lowest BCUT2D eigenvalue weighted by Gasteiger charge is -2.28. The molecule has 3 rings (SSSR count). The number of amides is 1. The van der Waals surface area contributed by atoms with Gasteiger partial charge in [0.25, 0.3) is 11.5 Å². The molecule has 0 aliphatic carbocycles. The highest BCUT2D eigenvalue weighted by molar-refractivity contribution is 7.13. The van der Waals surface area contributed by atoms with Crippen molar-refractivity contribution in [1.82, 2.24) is 20.2 Å². The Morgan fingerprint density at radius 1 is 1.33 bits per heavy atom. The van der Waals surface area contributed by atoms with Crippen molar-refractivity contribution >= 4 is 17.2 Å². The Labute approximate surface area is 161 Å². The number of H-pyrrole nitrogens is 1. The molecule has 0 fully saturated rings. The van der Waals surface area contributed by atoms with Crippen molar-refractivity contribution < 1.29 is 9.21 Å². The number of furan rings is 1. The minimum atomic E-state index is -0.455. The van der Waals surface area contributed by atoms with Crippen LogP contribution in [0.15, 0.2) is 51.3 Å². The quantitative estimate of drug-likeness (QED) is 0.621. The average molecular weight is 386 g/mol. The van der Waals surface area contributed by atoms with E-state index in [9.17, 15) is 9.59 Å². The van der Waals surface area contributed by atoms with Crippen LogP contribution in [0.3, 0.4) is 0 Å². The van der Waals surface area contributed by atoms with Gasteiger partial charge in [0.2, 0.25) is 0 Å². The highest BCUT2D eigenvalue weighted by Crippen LogP contribution is 2.21. The van der Waals surface area contributed by atoms with Gasteiger partial charge in [-0.15, -0.1) is 11.3 Å². The Hall–Kier alpha value is -2.71. The number of aromatic amines is 1.